The highest BCUT2D eigenvalue weighted by Crippen LogP contribution is 2.36. The molecule has 0 spiro atoms. The van der Waals surface area contributed by atoms with Crippen molar-refractivity contribution in [3.63, 3.8) is 0 Å². The Balaban J connectivity index is 1.61. The number of carboxylic acid groups (broad SMARTS) is 1. The van der Waals surface area contributed by atoms with Gasteiger partial charge in [-0.25, -0.2) is 0 Å². The molecule has 1 fully saturated rings. The Labute approximate surface area is 183 Å². The van der Waals surface area contributed by atoms with Crippen LogP contribution in [0.25, 0.3) is 22.1 Å². The minimum atomic E-state index is -0.888. The molecule has 1 unspecified atom stereocenters. The highest BCUT2D eigenvalue weighted by atomic mass is 16.6. The Bertz CT molecular complexity index is 1280. The molecule has 1 saturated heterocycles. The van der Waals surface area contributed by atoms with Gasteiger partial charge in [-0.2, -0.15) is 0 Å². The molecule has 0 saturated carbocycles. The Hall–Kier alpha value is -3.52. The number of benzene rings is 2. The van der Waals surface area contributed by atoms with E-state index < -0.39 is 12.0 Å². The van der Waals surface area contributed by atoms with Gasteiger partial charge in [0.05, 0.1) is 16.5 Å². The minimum absolute atomic E-state index is 0.0248. The van der Waals surface area contributed by atoms with Gasteiger partial charge >= 0.3 is 5.97 Å². The summed E-state index contributed by atoms with van der Waals surface area (Å²) in [6.45, 7) is 3.42. The molecule has 0 bridgehead atoms. The van der Waals surface area contributed by atoms with Crippen LogP contribution in [0.5, 0.6) is 17.2 Å². The number of carbonyl (C=O) groups is 1. The van der Waals surface area contributed by atoms with E-state index in [0.29, 0.717) is 65.5 Å². The Morgan fingerprint density at radius 3 is 2.72 bits per heavy atom. The molecule has 1 atom stereocenters. The van der Waals surface area contributed by atoms with Crippen LogP contribution in [0.15, 0.2) is 39.5 Å². The summed E-state index contributed by atoms with van der Waals surface area (Å²) in [6, 6.07) is 7.72. The molecule has 3 heterocycles. The molecule has 0 amide bonds. The van der Waals surface area contributed by atoms with E-state index in [0.717, 1.165) is 6.42 Å². The van der Waals surface area contributed by atoms with Gasteiger partial charge in [0.25, 0.3) is 0 Å². The van der Waals surface area contributed by atoms with Gasteiger partial charge in [-0.05, 0) is 56.1 Å². The molecule has 2 aliphatic heterocycles. The summed E-state index contributed by atoms with van der Waals surface area (Å²) >= 11 is 0. The summed E-state index contributed by atoms with van der Waals surface area (Å²) in [6.07, 6.45) is 1.32. The number of hydrogen-bond donors (Lipinski definition) is 2. The van der Waals surface area contributed by atoms with Gasteiger partial charge in [0.1, 0.15) is 36.3 Å². The lowest BCUT2D eigenvalue weighted by molar-refractivity contribution is -0.142. The molecular weight excluding hydrogens is 414 g/mol. The number of likely N-dealkylation sites (tertiary alicyclic amines) is 1. The Morgan fingerprint density at radius 1 is 1.16 bits per heavy atom. The largest absolute Gasteiger partial charge is 0.507 e. The quantitative estimate of drug-likeness (QED) is 0.640. The molecule has 3 aromatic rings. The number of phenolic OH excluding ortho intramolecular Hbond substituents is 1. The van der Waals surface area contributed by atoms with Gasteiger partial charge in [-0.3, -0.25) is 14.5 Å². The number of aryl methyl sites for hydroxylation is 1. The van der Waals surface area contributed by atoms with Crippen LogP contribution in [0.1, 0.15) is 24.2 Å². The maximum Gasteiger partial charge on any atom is 0.320 e. The van der Waals surface area contributed by atoms with Crippen LogP contribution >= 0.6 is 0 Å². The van der Waals surface area contributed by atoms with Gasteiger partial charge in [-0.1, -0.05) is 6.07 Å². The fourth-order valence-corrected chi connectivity index (χ4v) is 4.60. The second-order valence-electron chi connectivity index (χ2n) is 8.13. The minimum Gasteiger partial charge on any atom is -0.507 e. The first kappa shape index (κ1) is 20.4. The lowest BCUT2D eigenvalue weighted by Crippen LogP contribution is -2.35. The highest BCUT2D eigenvalue weighted by molar-refractivity contribution is 5.87. The van der Waals surface area contributed by atoms with E-state index in [2.05, 4.69) is 0 Å². The number of ether oxygens (including phenoxy) is 2. The number of phenols is 1. The van der Waals surface area contributed by atoms with Gasteiger partial charge in [0.15, 0.2) is 11.5 Å². The predicted molar refractivity (Wildman–Crippen MR) is 116 cm³/mol. The molecule has 8 heteroatoms. The molecule has 0 aliphatic carbocycles. The maximum absolute atomic E-state index is 13.5. The topological polar surface area (TPSA) is 109 Å². The molecule has 1 aromatic heterocycles. The van der Waals surface area contributed by atoms with E-state index in [-0.39, 0.29) is 23.3 Å². The number of rotatable bonds is 4. The third-order valence-corrected chi connectivity index (χ3v) is 6.16. The first-order valence-electron chi connectivity index (χ1n) is 10.6. The summed E-state index contributed by atoms with van der Waals surface area (Å²) < 4.78 is 17.3. The summed E-state index contributed by atoms with van der Waals surface area (Å²) in [5.41, 5.74) is 1.55. The zero-order valence-electron chi connectivity index (χ0n) is 17.6. The van der Waals surface area contributed by atoms with Crippen molar-refractivity contribution < 1.29 is 28.9 Å². The average molecular weight is 437 g/mol. The molecule has 2 N–H and O–H groups in total. The molecule has 5 rings (SSSR count). The number of aliphatic carboxylic acids is 1. The van der Waals surface area contributed by atoms with E-state index in [9.17, 15) is 19.8 Å². The van der Waals surface area contributed by atoms with Crippen LogP contribution in [-0.4, -0.2) is 46.9 Å². The van der Waals surface area contributed by atoms with Crippen LogP contribution in [-0.2, 0) is 11.3 Å². The smallest absolute Gasteiger partial charge is 0.320 e. The van der Waals surface area contributed by atoms with Crippen LogP contribution in [0, 0.1) is 6.92 Å². The number of aromatic hydroxyl groups is 1. The van der Waals surface area contributed by atoms with Crippen LogP contribution in [0.4, 0.5) is 0 Å². The summed E-state index contributed by atoms with van der Waals surface area (Å²) in [4.78, 5) is 26.8. The van der Waals surface area contributed by atoms with Crippen molar-refractivity contribution in [1.29, 1.82) is 0 Å². The fourth-order valence-electron chi connectivity index (χ4n) is 4.60. The van der Waals surface area contributed by atoms with Crippen molar-refractivity contribution in [1.82, 2.24) is 4.90 Å². The number of carboxylic acids is 1. The van der Waals surface area contributed by atoms with E-state index in [4.69, 9.17) is 13.9 Å². The predicted octanol–water partition coefficient (Wildman–Crippen LogP) is 3.29. The van der Waals surface area contributed by atoms with Crippen molar-refractivity contribution in [2.75, 3.05) is 19.8 Å². The number of nitrogens with zero attached hydrogens (tertiary/aromatic N) is 1. The number of fused-ring (bicyclic) bond motifs is 2. The fraction of sp³-hybridized carbons (Fsp3) is 0.333. The third-order valence-electron chi connectivity index (χ3n) is 6.16. The first-order valence-corrected chi connectivity index (χ1v) is 10.6. The second kappa shape index (κ2) is 7.87. The van der Waals surface area contributed by atoms with Crippen LogP contribution in [0.2, 0.25) is 0 Å². The van der Waals surface area contributed by atoms with Crippen LogP contribution < -0.4 is 14.9 Å². The monoisotopic (exact) mass is 437 g/mol. The zero-order valence-corrected chi connectivity index (χ0v) is 17.6. The Kier molecular flexibility index (Phi) is 5.01. The van der Waals surface area contributed by atoms with Crippen molar-refractivity contribution in [3.8, 4) is 28.4 Å². The van der Waals surface area contributed by atoms with Crippen LogP contribution in [0.3, 0.4) is 0 Å². The maximum atomic E-state index is 13.5. The molecule has 32 heavy (non-hydrogen) atoms. The first-order chi connectivity index (χ1) is 15.4. The van der Waals surface area contributed by atoms with Crippen molar-refractivity contribution in [3.05, 3.63) is 51.9 Å². The SMILES string of the molecule is Cc1oc2c(CN3CCCC3C(=O)O)c(O)ccc2c(=O)c1-c1ccc2c(c1)OCCO2. The average Bonchev–Trinajstić information content (AvgIpc) is 3.24. The molecule has 2 aliphatic rings. The normalized spacial score (nSPS) is 18.2. The lowest BCUT2D eigenvalue weighted by atomic mass is 10.00. The van der Waals surface area contributed by atoms with E-state index in [1.807, 2.05) is 0 Å². The van der Waals surface area contributed by atoms with Gasteiger partial charge in [0, 0.05) is 6.54 Å². The number of hydrogen-bond acceptors (Lipinski definition) is 7. The Morgan fingerprint density at radius 2 is 1.94 bits per heavy atom. The standard InChI is InChI=1S/C24H23NO7/c1-13-21(14-4-7-19-20(11-14)31-10-9-30-19)22(27)15-5-6-18(26)16(23(15)32-13)12-25-8-2-3-17(25)24(28)29/h4-7,11,17,26H,2-3,8-10,12H2,1H3,(H,28,29). The molecule has 166 valence electrons. The second-order valence-corrected chi connectivity index (χ2v) is 8.13. The van der Waals surface area contributed by atoms with Crippen molar-refractivity contribution >= 4 is 16.9 Å². The summed E-state index contributed by atoms with van der Waals surface area (Å²) in [7, 11) is 0. The van der Waals surface area contributed by atoms with Crippen molar-refractivity contribution in [2.24, 2.45) is 0 Å². The summed E-state index contributed by atoms with van der Waals surface area (Å²) in [5.74, 6) is 0.701. The van der Waals surface area contributed by atoms with E-state index >= 15 is 0 Å². The molecule has 2 aromatic carbocycles. The molecular formula is C24H23NO7. The van der Waals surface area contributed by atoms with Crippen molar-refractivity contribution in [2.45, 2.75) is 32.4 Å². The van der Waals surface area contributed by atoms with Gasteiger partial charge < -0.3 is 24.1 Å². The summed E-state index contributed by atoms with van der Waals surface area (Å²) in [5, 5.41) is 20.3. The molecule has 0 radical (unpaired) electrons. The highest BCUT2D eigenvalue weighted by Gasteiger charge is 2.32. The van der Waals surface area contributed by atoms with E-state index in [1.165, 1.54) is 6.07 Å². The zero-order chi connectivity index (χ0) is 22.4. The van der Waals surface area contributed by atoms with Gasteiger partial charge in [-0.15, -0.1) is 0 Å². The van der Waals surface area contributed by atoms with E-state index in [1.54, 1.807) is 36.1 Å². The lowest BCUT2D eigenvalue weighted by Gasteiger charge is -2.22. The molecule has 8 nitrogen and oxygen atoms in total. The third kappa shape index (κ3) is 3.36. The van der Waals surface area contributed by atoms with Gasteiger partial charge in [0.2, 0.25) is 5.43 Å².